The lowest BCUT2D eigenvalue weighted by atomic mass is 10.0. The molecule has 2 heteroatoms. The lowest BCUT2D eigenvalue weighted by Crippen LogP contribution is -2.12. The summed E-state index contributed by atoms with van der Waals surface area (Å²) in [5, 5.41) is 3.44. The summed E-state index contributed by atoms with van der Waals surface area (Å²) in [6, 6.07) is 0. The third-order valence-corrected chi connectivity index (χ3v) is 3.14. The number of rotatable bonds is 2. The minimum atomic E-state index is 0.851. The highest BCUT2D eigenvalue weighted by atomic mass is 14.9. The van der Waals surface area contributed by atoms with E-state index in [1.165, 1.54) is 25.9 Å². The van der Waals surface area contributed by atoms with E-state index >= 15 is 0 Å². The number of aliphatic imine (C=N–C) groups is 1. The molecule has 0 spiro atoms. The minimum Gasteiger partial charge on any atom is -0.316 e. The molecule has 11 heavy (non-hydrogen) atoms. The second-order valence-electron chi connectivity index (χ2n) is 3.92. The van der Waals surface area contributed by atoms with Crippen LogP contribution in [0.4, 0.5) is 0 Å². The Morgan fingerprint density at radius 2 is 1.91 bits per heavy atom. The largest absolute Gasteiger partial charge is 0.316 e. The van der Waals surface area contributed by atoms with Gasteiger partial charge in [-0.05, 0) is 50.4 Å². The average Bonchev–Trinajstić information content (AvgIpc) is 2.46. The number of hydrogen-bond acceptors (Lipinski definition) is 2. The Hall–Kier alpha value is -0.370. The van der Waals surface area contributed by atoms with E-state index < -0.39 is 0 Å². The van der Waals surface area contributed by atoms with Crippen molar-refractivity contribution in [3.05, 3.63) is 0 Å². The zero-order valence-corrected chi connectivity index (χ0v) is 6.92. The summed E-state index contributed by atoms with van der Waals surface area (Å²) in [5.41, 5.74) is 0. The predicted octanol–water partition coefficient (Wildman–Crippen LogP) is 0.933. The first-order valence-electron chi connectivity index (χ1n) is 4.53. The van der Waals surface area contributed by atoms with E-state index in [1.54, 1.807) is 0 Å². The molecule has 3 atom stereocenters. The Balaban J connectivity index is 1.89. The highest BCUT2D eigenvalue weighted by molar-refractivity contribution is 5.23. The SMILES string of the molecule is C=NCC1CC2CNC[C@H]2C1. The van der Waals surface area contributed by atoms with Crippen molar-refractivity contribution < 1.29 is 0 Å². The summed E-state index contributed by atoms with van der Waals surface area (Å²) in [4.78, 5) is 3.97. The van der Waals surface area contributed by atoms with Crippen molar-refractivity contribution in [2.24, 2.45) is 22.7 Å². The van der Waals surface area contributed by atoms with Gasteiger partial charge in [-0.25, -0.2) is 0 Å². The summed E-state index contributed by atoms with van der Waals surface area (Å²) < 4.78 is 0. The third kappa shape index (κ3) is 1.32. The van der Waals surface area contributed by atoms with Crippen molar-refractivity contribution in [1.29, 1.82) is 0 Å². The van der Waals surface area contributed by atoms with Gasteiger partial charge < -0.3 is 10.3 Å². The molecule has 62 valence electrons. The van der Waals surface area contributed by atoms with Crippen molar-refractivity contribution in [2.75, 3.05) is 19.6 Å². The van der Waals surface area contributed by atoms with Gasteiger partial charge in [0, 0.05) is 6.54 Å². The molecule has 0 aromatic heterocycles. The molecular weight excluding hydrogens is 136 g/mol. The summed E-state index contributed by atoms with van der Waals surface area (Å²) in [7, 11) is 0. The van der Waals surface area contributed by atoms with E-state index in [0.29, 0.717) is 0 Å². The topological polar surface area (TPSA) is 24.4 Å². The predicted molar refractivity (Wildman–Crippen MR) is 47.0 cm³/mol. The highest BCUT2D eigenvalue weighted by Gasteiger charge is 2.36. The Labute approximate surface area is 68.1 Å². The van der Waals surface area contributed by atoms with Crippen molar-refractivity contribution in [3.8, 4) is 0 Å². The quantitative estimate of drug-likeness (QED) is 0.585. The fraction of sp³-hybridized carbons (Fsp3) is 0.889. The molecule has 2 unspecified atom stereocenters. The van der Waals surface area contributed by atoms with Gasteiger partial charge in [0.15, 0.2) is 0 Å². The lowest BCUT2D eigenvalue weighted by Gasteiger charge is -2.06. The van der Waals surface area contributed by atoms with Gasteiger partial charge >= 0.3 is 0 Å². The Kier molecular flexibility index (Phi) is 1.95. The van der Waals surface area contributed by atoms with Gasteiger partial charge in [-0.2, -0.15) is 0 Å². The molecule has 0 aromatic carbocycles. The van der Waals surface area contributed by atoms with Crippen molar-refractivity contribution in [2.45, 2.75) is 12.8 Å². The van der Waals surface area contributed by atoms with Crippen LogP contribution in [0.3, 0.4) is 0 Å². The van der Waals surface area contributed by atoms with Gasteiger partial charge in [0.1, 0.15) is 0 Å². The van der Waals surface area contributed by atoms with E-state index in [2.05, 4.69) is 17.0 Å². The first-order valence-corrected chi connectivity index (χ1v) is 4.53. The van der Waals surface area contributed by atoms with Crippen molar-refractivity contribution in [1.82, 2.24) is 5.32 Å². The number of nitrogens with zero attached hydrogens (tertiary/aromatic N) is 1. The molecular formula is C9H16N2. The molecule has 2 aliphatic rings. The smallest absolute Gasteiger partial charge is 0.0410 e. The summed E-state index contributed by atoms with van der Waals surface area (Å²) in [6.07, 6.45) is 2.77. The molecule has 0 amide bonds. The maximum Gasteiger partial charge on any atom is 0.0410 e. The van der Waals surface area contributed by atoms with Gasteiger partial charge in [-0.1, -0.05) is 0 Å². The molecule has 0 radical (unpaired) electrons. The van der Waals surface area contributed by atoms with Crippen LogP contribution in [0.15, 0.2) is 4.99 Å². The van der Waals surface area contributed by atoms with Gasteiger partial charge in [0.2, 0.25) is 0 Å². The first-order chi connectivity index (χ1) is 5.40. The standard InChI is InChI=1S/C9H16N2/c1-10-4-7-2-8-5-11-6-9(8)3-7/h7-9,11H,1-6H2/t7?,8-,9?/m1/s1. The molecule has 2 fully saturated rings. The van der Waals surface area contributed by atoms with E-state index in [0.717, 1.165) is 24.3 Å². The second kappa shape index (κ2) is 2.94. The van der Waals surface area contributed by atoms with Crippen molar-refractivity contribution >= 4 is 6.72 Å². The molecule has 1 N–H and O–H groups in total. The van der Waals surface area contributed by atoms with Crippen LogP contribution >= 0.6 is 0 Å². The molecule has 2 rings (SSSR count). The van der Waals surface area contributed by atoms with Gasteiger partial charge in [-0.3, -0.25) is 0 Å². The molecule has 1 aliphatic carbocycles. The molecule has 0 bridgehead atoms. The zero-order valence-electron chi connectivity index (χ0n) is 6.92. The van der Waals surface area contributed by atoms with Crippen LogP contribution in [-0.4, -0.2) is 26.4 Å². The highest BCUT2D eigenvalue weighted by Crippen LogP contribution is 2.38. The molecule has 1 saturated heterocycles. The molecule has 0 aromatic rings. The van der Waals surface area contributed by atoms with Gasteiger partial charge in [-0.15, -0.1) is 0 Å². The molecule has 1 heterocycles. The number of nitrogens with one attached hydrogen (secondary N) is 1. The normalized spacial score (nSPS) is 42.4. The van der Waals surface area contributed by atoms with Crippen LogP contribution in [0.25, 0.3) is 0 Å². The lowest BCUT2D eigenvalue weighted by molar-refractivity contribution is 0.494. The maximum absolute atomic E-state index is 3.97. The van der Waals surface area contributed by atoms with Crippen LogP contribution in [-0.2, 0) is 0 Å². The molecule has 2 nitrogen and oxygen atoms in total. The van der Waals surface area contributed by atoms with Crippen LogP contribution in [0.1, 0.15) is 12.8 Å². The van der Waals surface area contributed by atoms with Gasteiger partial charge in [0.05, 0.1) is 0 Å². The number of hydrogen-bond donors (Lipinski definition) is 1. The van der Waals surface area contributed by atoms with Crippen LogP contribution in [0.5, 0.6) is 0 Å². The maximum atomic E-state index is 3.97. The molecule has 1 saturated carbocycles. The second-order valence-corrected chi connectivity index (χ2v) is 3.92. The number of fused-ring (bicyclic) bond motifs is 1. The Bertz CT molecular complexity index is 144. The fourth-order valence-corrected chi connectivity index (χ4v) is 2.62. The summed E-state index contributed by atoms with van der Waals surface area (Å²) in [6.45, 7) is 7.04. The van der Waals surface area contributed by atoms with E-state index in [9.17, 15) is 0 Å². The fourth-order valence-electron chi connectivity index (χ4n) is 2.62. The summed E-state index contributed by atoms with van der Waals surface area (Å²) in [5.74, 6) is 2.77. The van der Waals surface area contributed by atoms with Crippen LogP contribution < -0.4 is 5.32 Å². The van der Waals surface area contributed by atoms with E-state index in [-0.39, 0.29) is 0 Å². The van der Waals surface area contributed by atoms with Crippen LogP contribution in [0, 0.1) is 17.8 Å². The Morgan fingerprint density at radius 1 is 1.27 bits per heavy atom. The molecule has 1 aliphatic heterocycles. The van der Waals surface area contributed by atoms with Crippen molar-refractivity contribution in [3.63, 3.8) is 0 Å². The Morgan fingerprint density at radius 3 is 2.45 bits per heavy atom. The average molecular weight is 152 g/mol. The zero-order chi connectivity index (χ0) is 7.68. The minimum absolute atomic E-state index is 0.851. The monoisotopic (exact) mass is 152 g/mol. The van der Waals surface area contributed by atoms with E-state index in [1.807, 2.05) is 0 Å². The summed E-state index contributed by atoms with van der Waals surface area (Å²) >= 11 is 0. The first kappa shape index (κ1) is 7.29. The van der Waals surface area contributed by atoms with Gasteiger partial charge in [0.25, 0.3) is 0 Å². The van der Waals surface area contributed by atoms with E-state index in [4.69, 9.17) is 0 Å². The van der Waals surface area contributed by atoms with Crippen LogP contribution in [0.2, 0.25) is 0 Å². The third-order valence-electron chi connectivity index (χ3n) is 3.14.